The maximum Gasteiger partial charge on any atom is 0.290 e. The van der Waals surface area contributed by atoms with Crippen molar-refractivity contribution in [2.75, 3.05) is 13.2 Å². The smallest absolute Gasteiger partial charge is 0.290 e. The minimum Gasteiger partial charge on any atom is -0.494 e. The second kappa shape index (κ2) is 10.0. The van der Waals surface area contributed by atoms with E-state index >= 15 is 0 Å². The fourth-order valence-electron chi connectivity index (χ4n) is 4.33. The summed E-state index contributed by atoms with van der Waals surface area (Å²) >= 11 is 6.30. The second-order valence-electron chi connectivity index (χ2n) is 8.65. The molecule has 2 aromatic carbocycles. The fourth-order valence-corrected chi connectivity index (χ4v) is 4.49. The molecule has 5 nitrogen and oxygen atoms in total. The van der Waals surface area contributed by atoms with Gasteiger partial charge in [0.05, 0.1) is 23.6 Å². The second-order valence-corrected chi connectivity index (χ2v) is 9.06. The molecule has 1 unspecified atom stereocenters. The number of amides is 1. The number of unbranched alkanes of at least 4 members (excludes halogenated alkanes) is 3. The van der Waals surface area contributed by atoms with Gasteiger partial charge in [0.2, 0.25) is 5.76 Å². The first-order chi connectivity index (χ1) is 16.0. The van der Waals surface area contributed by atoms with E-state index in [9.17, 15) is 9.59 Å². The normalized spacial score (nSPS) is 15.3. The lowest BCUT2D eigenvalue weighted by atomic mass is 9.98. The van der Waals surface area contributed by atoms with Gasteiger partial charge in [-0.15, -0.1) is 0 Å². The highest BCUT2D eigenvalue weighted by Gasteiger charge is 2.42. The molecule has 1 aliphatic heterocycles. The van der Waals surface area contributed by atoms with Crippen LogP contribution in [0, 0.1) is 6.92 Å². The number of hydrogen-bond donors (Lipinski definition) is 0. The maximum atomic E-state index is 13.6. The molecular weight excluding hydrogens is 438 g/mol. The number of hydrogen-bond acceptors (Lipinski definition) is 4. The number of aryl methyl sites for hydroxylation is 1. The first-order valence-corrected chi connectivity index (χ1v) is 12.1. The van der Waals surface area contributed by atoms with Crippen LogP contribution >= 0.6 is 11.6 Å². The van der Waals surface area contributed by atoms with Crippen LogP contribution in [0.3, 0.4) is 0 Å². The van der Waals surface area contributed by atoms with Crippen LogP contribution in [0.5, 0.6) is 5.75 Å². The summed E-state index contributed by atoms with van der Waals surface area (Å²) in [5, 5.41) is 0.904. The predicted molar refractivity (Wildman–Crippen MR) is 131 cm³/mol. The van der Waals surface area contributed by atoms with Gasteiger partial charge in [0.15, 0.2) is 5.43 Å². The van der Waals surface area contributed by atoms with Crippen LogP contribution in [0.25, 0.3) is 11.0 Å². The fraction of sp³-hybridized carbons (Fsp3) is 0.407. The molecule has 0 saturated heterocycles. The lowest BCUT2D eigenvalue weighted by Gasteiger charge is -2.25. The highest BCUT2D eigenvalue weighted by Crippen LogP contribution is 2.39. The number of carbonyl (C=O) groups excluding carboxylic acids is 1. The Morgan fingerprint density at radius 2 is 1.76 bits per heavy atom. The lowest BCUT2D eigenvalue weighted by Crippen LogP contribution is -2.30. The molecule has 2 heterocycles. The summed E-state index contributed by atoms with van der Waals surface area (Å²) in [4.78, 5) is 28.8. The van der Waals surface area contributed by atoms with Crippen molar-refractivity contribution < 1.29 is 13.9 Å². The number of nitrogens with zero attached hydrogens (tertiary/aromatic N) is 1. The predicted octanol–water partition coefficient (Wildman–Crippen LogP) is 6.67. The van der Waals surface area contributed by atoms with E-state index in [0.717, 1.165) is 49.0 Å². The number of fused-ring (bicyclic) bond motifs is 2. The number of ether oxygens (including phenoxy) is 1. The van der Waals surface area contributed by atoms with E-state index < -0.39 is 6.04 Å². The molecule has 1 aliphatic rings. The molecular formula is C27H30ClNO4. The van der Waals surface area contributed by atoms with Crippen LogP contribution < -0.4 is 10.2 Å². The molecule has 33 heavy (non-hydrogen) atoms. The summed E-state index contributed by atoms with van der Waals surface area (Å²) < 4.78 is 11.8. The first kappa shape index (κ1) is 23.4. The van der Waals surface area contributed by atoms with Gasteiger partial charge in [-0.05, 0) is 55.2 Å². The molecule has 174 valence electrons. The summed E-state index contributed by atoms with van der Waals surface area (Å²) in [6.07, 6.45) is 4.98. The van der Waals surface area contributed by atoms with Crippen molar-refractivity contribution >= 4 is 28.5 Å². The Bertz CT molecular complexity index is 1220. The van der Waals surface area contributed by atoms with Gasteiger partial charge in [-0.2, -0.15) is 0 Å². The molecule has 0 aliphatic carbocycles. The average Bonchev–Trinajstić information content (AvgIpc) is 3.08. The van der Waals surface area contributed by atoms with Gasteiger partial charge in [-0.25, -0.2) is 0 Å². The molecule has 0 fully saturated rings. The lowest BCUT2D eigenvalue weighted by molar-refractivity contribution is 0.0724. The average molecular weight is 468 g/mol. The van der Waals surface area contributed by atoms with Gasteiger partial charge in [0.25, 0.3) is 5.91 Å². The molecule has 3 aromatic rings. The van der Waals surface area contributed by atoms with Crippen molar-refractivity contribution in [1.29, 1.82) is 0 Å². The Morgan fingerprint density at radius 3 is 2.45 bits per heavy atom. The summed E-state index contributed by atoms with van der Waals surface area (Å²) in [5.74, 6) is 0.682. The standard InChI is InChI=1S/C27H30ClNO4/c1-4-6-8-13-29-24(18-9-11-19(12-10-18)32-14-7-5-2)23-25(30)20-16-21(28)17(3)15-22(20)33-26(23)27(29)31/h9-12,15-16,24H,4-8,13-14H2,1-3H3. The molecule has 1 atom stereocenters. The van der Waals surface area contributed by atoms with Gasteiger partial charge < -0.3 is 14.1 Å². The maximum absolute atomic E-state index is 13.6. The van der Waals surface area contributed by atoms with Crippen molar-refractivity contribution in [2.24, 2.45) is 0 Å². The number of benzene rings is 2. The Hall–Kier alpha value is -2.79. The largest absolute Gasteiger partial charge is 0.494 e. The van der Waals surface area contributed by atoms with E-state index in [0.29, 0.717) is 34.7 Å². The van der Waals surface area contributed by atoms with Crippen LogP contribution in [-0.4, -0.2) is 24.0 Å². The highest BCUT2D eigenvalue weighted by atomic mass is 35.5. The summed E-state index contributed by atoms with van der Waals surface area (Å²) in [7, 11) is 0. The van der Waals surface area contributed by atoms with E-state index in [-0.39, 0.29) is 17.1 Å². The summed E-state index contributed by atoms with van der Waals surface area (Å²) in [6.45, 7) is 7.32. The molecule has 6 heteroatoms. The molecule has 1 amide bonds. The zero-order chi connectivity index (χ0) is 23.5. The highest BCUT2D eigenvalue weighted by molar-refractivity contribution is 6.32. The van der Waals surface area contributed by atoms with Crippen LogP contribution in [0.2, 0.25) is 5.02 Å². The van der Waals surface area contributed by atoms with E-state index in [1.807, 2.05) is 31.2 Å². The third-order valence-corrected chi connectivity index (χ3v) is 6.62. The Kier molecular flexibility index (Phi) is 7.08. The van der Waals surface area contributed by atoms with Crippen LogP contribution in [0.15, 0.2) is 45.6 Å². The van der Waals surface area contributed by atoms with E-state index in [1.165, 1.54) is 0 Å². The third kappa shape index (κ3) is 4.51. The molecule has 4 rings (SSSR count). The van der Waals surface area contributed by atoms with E-state index in [2.05, 4.69) is 13.8 Å². The Morgan fingerprint density at radius 1 is 1.03 bits per heavy atom. The number of rotatable bonds is 9. The van der Waals surface area contributed by atoms with Gasteiger partial charge in [0.1, 0.15) is 11.3 Å². The van der Waals surface area contributed by atoms with Crippen molar-refractivity contribution in [3.8, 4) is 5.75 Å². The molecule has 0 spiro atoms. The van der Waals surface area contributed by atoms with Crippen molar-refractivity contribution in [3.63, 3.8) is 0 Å². The molecule has 0 saturated carbocycles. The zero-order valence-electron chi connectivity index (χ0n) is 19.4. The first-order valence-electron chi connectivity index (χ1n) is 11.8. The summed E-state index contributed by atoms with van der Waals surface area (Å²) in [5.41, 5.74) is 2.25. The third-order valence-electron chi connectivity index (χ3n) is 6.21. The topological polar surface area (TPSA) is 59.8 Å². The van der Waals surface area contributed by atoms with Gasteiger partial charge in [-0.3, -0.25) is 9.59 Å². The zero-order valence-corrected chi connectivity index (χ0v) is 20.2. The van der Waals surface area contributed by atoms with Crippen molar-refractivity contribution in [2.45, 2.75) is 58.9 Å². The van der Waals surface area contributed by atoms with Crippen LogP contribution in [0.1, 0.15) is 79.2 Å². The molecule has 0 N–H and O–H groups in total. The molecule has 1 aromatic heterocycles. The van der Waals surface area contributed by atoms with Gasteiger partial charge in [-0.1, -0.05) is 56.8 Å². The van der Waals surface area contributed by atoms with Gasteiger partial charge in [0, 0.05) is 11.6 Å². The number of carbonyl (C=O) groups is 1. The minimum atomic E-state index is -0.491. The summed E-state index contributed by atoms with van der Waals surface area (Å²) in [6, 6.07) is 10.6. The Balaban J connectivity index is 1.80. The SMILES string of the molecule is CCCCCN1C(=O)c2oc3cc(C)c(Cl)cc3c(=O)c2C1c1ccc(OCCCC)cc1. The minimum absolute atomic E-state index is 0.138. The molecule has 0 bridgehead atoms. The van der Waals surface area contributed by atoms with Gasteiger partial charge >= 0.3 is 0 Å². The van der Waals surface area contributed by atoms with E-state index in [4.69, 9.17) is 20.8 Å². The van der Waals surface area contributed by atoms with E-state index in [1.54, 1.807) is 17.0 Å². The van der Waals surface area contributed by atoms with Crippen LogP contribution in [-0.2, 0) is 0 Å². The Labute approximate surface area is 199 Å². The van der Waals surface area contributed by atoms with Crippen molar-refractivity contribution in [1.82, 2.24) is 4.90 Å². The molecule has 0 radical (unpaired) electrons. The quantitative estimate of drug-likeness (QED) is 0.330. The van der Waals surface area contributed by atoms with Crippen molar-refractivity contribution in [3.05, 3.63) is 74.1 Å². The monoisotopic (exact) mass is 467 g/mol. The number of halogens is 1. The van der Waals surface area contributed by atoms with Crippen LogP contribution in [0.4, 0.5) is 0 Å².